The number of nitrogens with one attached hydrogen (secondary N) is 1. The largest absolute Gasteiger partial charge is 0.452 e. The molecular weight excluding hydrogens is 395 g/mol. The van der Waals surface area contributed by atoms with Crippen molar-refractivity contribution in [3.05, 3.63) is 58.0 Å². The van der Waals surface area contributed by atoms with Crippen LogP contribution in [0.2, 0.25) is 10.0 Å². The molecular formula is C16H12Cl2N6O3. The van der Waals surface area contributed by atoms with Gasteiger partial charge in [-0.05, 0) is 47.7 Å². The first-order chi connectivity index (χ1) is 12.9. The Hall–Kier alpha value is -3.04. The Bertz CT molecular complexity index is 977. The first-order valence-electron chi connectivity index (χ1n) is 7.57. The minimum absolute atomic E-state index is 0.144. The molecule has 3 rings (SSSR count). The average Bonchev–Trinajstić information content (AvgIpc) is 3.19. The van der Waals surface area contributed by atoms with E-state index in [-0.39, 0.29) is 16.4 Å². The molecule has 0 unspecified atom stereocenters. The van der Waals surface area contributed by atoms with Gasteiger partial charge in [-0.25, -0.2) is 14.5 Å². The van der Waals surface area contributed by atoms with Crippen molar-refractivity contribution in [1.29, 1.82) is 0 Å². The van der Waals surface area contributed by atoms with Crippen LogP contribution in [0.15, 0.2) is 36.7 Å². The van der Waals surface area contributed by atoms with Crippen molar-refractivity contribution in [2.45, 2.75) is 6.92 Å². The van der Waals surface area contributed by atoms with E-state index in [0.717, 1.165) is 0 Å². The van der Waals surface area contributed by atoms with Gasteiger partial charge in [0.1, 0.15) is 6.33 Å². The molecule has 11 heteroatoms. The number of carbonyl (C=O) groups is 2. The summed E-state index contributed by atoms with van der Waals surface area (Å²) in [6, 6.07) is 7.84. The SMILES string of the molecule is Cc1nc(NC(=O)COC(=O)c2ccc(-n3cnnn3)cc2)c(Cl)cc1Cl. The lowest BCUT2D eigenvalue weighted by Gasteiger charge is -2.09. The van der Waals surface area contributed by atoms with E-state index in [4.69, 9.17) is 27.9 Å². The molecule has 0 aliphatic rings. The van der Waals surface area contributed by atoms with E-state index >= 15 is 0 Å². The normalized spacial score (nSPS) is 10.5. The number of anilines is 1. The van der Waals surface area contributed by atoms with E-state index in [1.807, 2.05) is 0 Å². The number of aromatic nitrogens is 5. The number of pyridine rings is 1. The molecule has 0 aliphatic heterocycles. The summed E-state index contributed by atoms with van der Waals surface area (Å²) in [5.74, 6) is -1.09. The van der Waals surface area contributed by atoms with E-state index in [1.54, 1.807) is 19.1 Å². The van der Waals surface area contributed by atoms with Gasteiger partial charge in [-0.1, -0.05) is 23.2 Å². The number of aryl methyl sites for hydroxylation is 1. The zero-order chi connectivity index (χ0) is 19.4. The van der Waals surface area contributed by atoms with Crippen molar-refractivity contribution in [3.8, 4) is 5.69 Å². The van der Waals surface area contributed by atoms with Gasteiger partial charge in [-0.15, -0.1) is 5.10 Å². The second-order valence-corrected chi connectivity index (χ2v) is 6.13. The van der Waals surface area contributed by atoms with Crippen molar-refractivity contribution < 1.29 is 14.3 Å². The number of rotatable bonds is 5. The number of amides is 1. The minimum Gasteiger partial charge on any atom is -0.452 e. The van der Waals surface area contributed by atoms with E-state index in [9.17, 15) is 9.59 Å². The molecule has 0 saturated carbocycles. The molecule has 0 saturated heterocycles. The van der Waals surface area contributed by atoms with E-state index < -0.39 is 18.5 Å². The number of benzene rings is 1. The Morgan fingerprint density at radius 3 is 2.59 bits per heavy atom. The van der Waals surface area contributed by atoms with E-state index in [2.05, 4.69) is 25.8 Å². The van der Waals surface area contributed by atoms with Gasteiger partial charge >= 0.3 is 5.97 Å². The number of tetrazole rings is 1. The second kappa shape index (κ2) is 8.11. The molecule has 1 N–H and O–H groups in total. The molecule has 0 aliphatic carbocycles. The summed E-state index contributed by atoms with van der Waals surface area (Å²) in [6.07, 6.45) is 1.43. The Kier molecular flexibility index (Phi) is 5.63. The number of esters is 1. The Labute approximate surface area is 163 Å². The predicted molar refractivity (Wildman–Crippen MR) is 97.1 cm³/mol. The van der Waals surface area contributed by atoms with Crippen LogP contribution in [0.4, 0.5) is 5.82 Å². The van der Waals surface area contributed by atoms with Gasteiger partial charge in [0.25, 0.3) is 5.91 Å². The van der Waals surface area contributed by atoms with Gasteiger partial charge in [0.15, 0.2) is 12.4 Å². The van der Waals surface area contributed by atoms with Gasteiger partial charge < -0.3 is 10.1 Å². The molecule has 3 aromatic rings. The highest BCUT2D eigenvalue weighted by molar-refractivity contribution is 6.36. The summed E-state index contributed by atoms with van der Waals surface area (Å²) in [6.45, 7) is 1.18. The third kappa shape index (κ3) is 4.57. The summed E-state index contributed by atoms with van der Waals surface area (Å²) < 4.78 is 6.43. The molecule has 0 bridgehead atoms. The van der Waals surface area contributed by atoms with Crippen molar-refractivity contribution in [2.75, 3.05) is 11.9 Å². The Morgan fingerprint density at radius 2 is 1.93 bits per heavy atom. The van der Waals surface area contributed by atoms with Crippen LogP contribution < -0.4 is 5.32 Å². The van der Waals surface area contributed by atoms with Gasteiger partial charge in [0, 0.05) is 0 Å². The third-order valence-electron chi connectivity index (χ3n) is 3.41. The lowest BCUT2D eigenvalue weighted by atomic mass is 10.2. The zero-order valence-corrected chi connectivity index (χ0v) is 15.4. The lowest BCUT2D eigenvalue weighted by molar-refractivity contribution is -0.119. The molecule has 0 atom stereocenters. The van der Waals surface area contributed by atoms with E-state index in [0.29, 0.717) is 16.4 Å². The summed E-state index contributed by atoms with van der Waals surface area (Å²) in [5, 5.41) is 13.8. The number of carbonyl (C=O) groups excluding carboxylic acids is 2. The molecule has 27 heavy (non-hydrogen) atoms. The van der Waals surface area contributed by atoms with Gasteiger partial charge in [0.05, 0.1) is 27.0 Å². The fourth-order valence-corrected chi connectivity index (χ4v) is 2.46. The maximum atomic E-state index is 12.1. The molecule has 2 aromatic heterocycles. The summed E-state index contributed by atoms with van der Waals surface area (Å²) >= 11 is 11.9. The summed E-state index contributed by atoms with van der Waals surface area (Å²) in [7, 11) is 0. The fourth-order valence-electron chi connectivity index (χ4n) is 2.06. The van der Waals surface area contributed by atoms with Crippen LogP contribution in [0.5, 0.6) is 0 Å². The van der Waals surface area contributed by atoms with Crippen LogP contribution in [-0.4, -0.2) is 43.7 Å². The maximum Gasteiger partial charge on any atom is 0.338 e. The molecule has 1 amide bonds. The summed E-state index contributed by atoms with van der Waals surface area (Å²) in [5.41, 5.74) is 1.46. The molecule has 0 fully saturated rings. The molecule has 0 radical (unpaired) electrons. The fraction of sp³-hybridized carbons (Fsp3) is 0.125. The smallest absolute Gasteiger partial charge is 0.338 e. The minimum atomic E-state index is -0.653. The standard InChI is InChI=1S/C16H12Cl2N6O3/c1-9-12(17)6-13(18)15(20-9)21-14(25)7-27-16(26)10-2-4-11(5-3-10)24-8-19-22-23-24/h2-6,8H,7H2,1H3,(H,20,21,25). The topological polar surface area (TPSA) is 112 Å². The lowest BCUT2D eigenvalue weighted by Crippen LogP contribution is -2.21. The highest BCUT2D eigenvalue weighted by atomic mass is 35.5. The van der Waals surface area contributed by atoms with Crippen LogP contribution in [0.25, 0.3) is 5.69 Å². The zero-order valence-electron chi connectivity index (χ0n) is 13.9. The maximum absolute atomic E-state index is 12.1. The average molecular weight is 407 g/mol. The van der Waals surface area contributed by atoms with Gasteiger partial charge in [-0.2, -0.15) is 0 Å². The molecule has 138 valence electrons. The third-order valence-corrected chi connectivity index (χ3v) is 4.08. The predicted octanol–water partition coefficient (Wildman–Crippen LogP) is 2.47. The second-order valence-electron chi connectivity index (χ2n) is 5.31. The Balaban J connectivity index is 1.57. The molecule has 0 spiro atoms. The quantitative estimate of drug-likeness (QED) is 0.647. The number of halogens is 2. The van der Waals surface area contributed by atoms with Gasteiger partial charge in [-0.3, -0.25) is 4.79 Å². The van der Waals surface area contributed by atoms with Crippen molar-refractivity contribution in [2.24, 2.45) is 0 Å². The van der Waals surface area contributed by atoms with Crippen LogP contribution in [0.3, 0.4) is 0 Å². The first-order valence-corrected chi connectivity index (χ1v) is 8.32. The van der Waals surface area contributed by atoms with Crippen molar-refractivity contribution >= 4 is 40.9 Å². The summed E-state index contributed by atoms with van der Waals surface area (Å²) in [4.78, 5) is 28.1. The van der Waals surface area contributed by atoms with Crippen LogP contribution >= 0.6 is 23.2 Å². The van der Waals surface area contributed by atoms with Crippen molar-refractivity contribution in [3.63, 3.8) is 0 Å². The van der Waals surface area contributed by atoms with E-state index in [1.165, 1.54) is 29.2 Å². The first kappa shape index (κ1) is 18.7. The highest BCUT2D eigenvalue weighted by Gasteiger charge is 2.13. The van der Waals surface area contributed by atoms with Crippen LogP contribution in [0.1, 0.15) is 16.1 Å². The number of hydrogen-bond donors (Lipinski definition) is 1. The molecule has 2 heterocycles. The molecule has 9 nitrogen and oxygen atoms in total. The monoisotopic (exact) mass is 406 g/mol. The molecule has 1 aromatic carbocycles. The number of ether oxygens (including phenoxy) is 1. The number of hydrogen-bond acceptors (Lipinski definition) is 7. The van der Waals surface area contributed by atoms with Crippen LogP contribution in [-0.2, 0) is 9.53 Å². The number of nitrogens with zero attached hydrogens (tertiary/aromatic N) is 5. The van der Waals surface area contributed by atoms with Crippen molar-refractivity contribution in [1.82, 2.24) is 25.2 Å². The Morgan fingerprint density at radius 1 is 1.19 bits per heavy atom. The highest BCUT2D eigenvalue weighted by Crippen LogP contribution is 2.25. The van der Waals surface area contributed by atoms with Gasteiger partial charge in [0.2, 0.25) is 0 Å². The van der Waals surface area contributed by atoms with Crippen LogP contribution in [0, 0.1) is 6.92 Å².